The van der Waals surface area contributed by atoms with Crippen molar-refractivity contribution in [1.29, 1.82) is 0 Å². The van der Waals surface area contributed by atoms with Crippen LogP contribution in [-0.4, -0.2) is 16.1 Å². The highest BCUT2D eigenvalue weighted by atomic mass is 35.5. The molecule has 0 aliphatic heterocycles. The van der Waals surface area contributed by atoms with E-state index in [2.05, 4.69) is 4.98 Å². The second-order valence-electron chi connectivity index (χ2n) is 3.49. The van der Waals surface area contributed by atoms with E-state index in [4.69, 9.17) is 39.9 Å². The zero-order valence-corrected chi connectivity index (χ0v) is 11.1. The topological polar surface area (TPSA) is 50.2 Å². The maximum atomic E-state index is 10.9. The molecule has 1 aromatic carbocycles. The average molecular weight is 303 g/mol. The van der Waals surface area contributed by atoms with Crippen molar-refractivity contribution in [3.63, 3.8) is 0 Å². The Morgan fingerprint density at radius 3 is 2.50 bits per heavy atom. The number of benzene rings is 1. The van der Waals surface area contributed by atoms with Gasteiger partial charge in [0.15, 0.2) is 0 Å². The number of pyridine rings is 1. The first-order chi connectivity index (χ1) is 8.47. The molecule has 0 aliphatic carbocycles. The Balaban J connectivity index is 2.63. The van der Waals surface area contributed by atoms with E-state index in [0.717, 1.165) is 0 Å². The third kappa shape index (κ3) is 2.75. The first kappa shape index (κ1) is 13.1. The van der Waals surface area contributed by atoms with Crippen molar-refractivity contribution in [2.75, 3.05) is 0 Å². The predicted octanol–water partition coefficient (Wildman–Crippen LogP) is 4.41. The quantitative estimate of drug-likeness (QED) is 0.836. The third-order valence-corrected chi connectivity index (χ3v) is 3.00. The molecule has 2 rings (SSSR count). The molecule has 0 fully saturated rings. The molecule has 0 saturated carbocycles. The van der Waals surface area contributed by atoms with Crippen LogP contribution in [0, 0.1) is 0 Å². The Hall–Kier alpha value is -1.29. The van der Waals surface area contributed by atoms with Crippen molar-refractivity contribution >= 4 is 40.8 Å². The van der Waals surface area contributed by atoms with E-state index in [1.807, 2.05) is 0 Å². The van der Waals surface area contributed by atoms with Gasteiger partial charge in [0.05, 0.1) is 16.3 Å². The first-order valence-corrected chi connectivity index (χ1v) is 5.97. The Labute approximate surface area is 118 Å². The van der Waals surface area contributed by atoms with Crippen molar-refractivity contribution in [3.05, 3.63) is 51.1 Å². The van der Waals surface area contributed by atoms with E-state index in [-0.39, 0.29) is 10.7 Å². The minimum absolute atomic E-state index is 0.0426. The fourth-order valence-electron chi connectivity index (χ4n) is 1.45. The highest BCUT2D eigenvalue weighted by Crippen LogP contribution is 2.30. The number of aromatic carboxylic acids is 1. The van der Waals surface area contributed by atoms with E-state index < -0.39 is 5.97 Å². The maximum absolute atomic E-state index is 10.9. The molecule has 6 heteroatoms. The SMILES string of the molecule is O=C(O)c1cc(Cl)nc(-c2cc(Cl)ccc2Cl)c1. The van der Waals surface area contributed by atoms with E-state index in [1.54, 1.807) is 18.2 Å². The van der Waals surface area contributed by atoms with Gasteiger partial charge >= 0.3 is 5.97 Å². The van der Waals surface area contributed by atoms with E-state index in [9.17, 15) is 4.79 Å². The molecule has 0 aliphatic rings. The lowest BCUT2D eigenvalue weighted by Crippen LogP contribution is -1.98. The molecule has 1 heterocycles. The Kier molecular flexibility index (Phi) is 3.76. The third-order valence-electron chi connectivity index (χ3n) is 2.25. The molecule has 1 aromatic heterocycles. The number of hydrogen-bond donors (Lipinski definition) is 1. The number of carboxylic acids is 1. The van der Waals surface area contributed by atoms with Gasteiger partial charge in [-0.3, -0.25) is 0 Å². The molecular weight excluding hydrogens is 296 g/mol. The van der Waals surface area contributed by atoms with Gasteiger partial charge in [0.2, 0.25) is 0 Å². The zero-order valence-electron chi connectivity index (χ0n) is 8.82. The summed E-state index contributed by atoms with van der Waals surface area (Å²) in [5.41, 5.74) is 0.947. The molecule has 2 aromatic rings. The van der Waals surface area contributed by atoms with Crippen LogP contribution in [-0.2, 0) is 0 Å². The van der Waals surface area contributed by atoms with Gasteiger partial charge in [0.1, 0.15) is 5.15 Å². The molecular formula is C12H6Cl3NO2. The lowest BCUT2D eigenvalue weighted by atomic mass is 10.1. The summed E-state index contributed by atoms with van der Waals surface area (Å²) in [5.74, 6) is -1.08. The second kappa shape index (κ2) is 5.14. The van der Waals surface area contributed by atoms with Crippen molar-refractivity contribution in [2.45, 2.75) is 0 Å². The Morgan fingerprint density at radius 2 is 1.83 bits per heavy atom. The van der Waals surface area contributed by atoms with Crippen molar-refractivity contribution in [1.82, 2.24) is 4.98 Å². The highest BCUT2D eigenvalue weighted by molar-refractivity contribution is 6.35. The van der Waals surface area contributed by atoms with Crippen LogP contribution in [0.2, 0.25) is 15.2 Å². The van der Waals surface area contributed by atoms with Gasteiger partial charge < -0.3 is 5.11 Å². The fourth-order valence-corrected chi connectivity index (χ4v) is 2.05. The van der Waals surface area contributed by atoms with Gasteiger partial charge in [-0.15, -0.1) is 0 Å². The van der Waals surface area contributed by atoms with Crippen LogP contribution in [0.25, 0.3) is 11.3 Å². The van der Waals surface area contributed by atoms with Crippen molar-refractivity contribution in [3.8, 4) is 11.3 Å². The highest BCUT2D eigenvalue weighted by Gasteiger charge is 2.11. The summed E-state index contributed by atoms with van der Waals surface area (Å²) in [6, 6.07) is 7.52. The standard InChI is InChI=1S/C12H6Cl3NO2/c13-7-1-2-9(14)8(5-7)10-3-6(12(17)18)4-11(15)16-10/h1-5H,(H,17,18). The molecule has 0 unspecified atom stereocenters. The summed E-state index contributed by atoms with van der Waals surface area (Å²) in [7, 11) is 0. The number of aromatic nitrogens is 1. The van der Waals surface area contributed by atoms with E-state index >= 15 is 0 Å². The van der Waals surface area contributed by atoms with Crippen molar-refractivity contribution in [2.24, 2.45) is 0 Å². The first-order valence-electron chi connectivity index (χ1n) is 4.83. The maximum Gasteiger partial charge on any atom is 0.335 e. The molecule has 0 atom stereocenters. The largest absolute Gasteiger partial charge is 0.478 e. The monoisotopic (exact) mass is 301 g/mol. The fraction of sp³-hybridized carbons (Fsp3) is 0. The molecule has 92 valence electrons. The number of carboxylic acid groups (broad SMARTS) is 1. The van der Waals surface area contributed by atoms with Crippen LogP contribution < -0.4 is 0 Å². The Morgan fingerprint density at radius 1 is 1.11 bits per heavy atom. The number of halogens is 3. The minimum Gasteiger partial charge on any atom is -0.478 e. The summed E-state index contributed by atoms with van der Waals surface area (Å²) in [5, 5.41) is 9.94. The van der Waals surface area contributed by atoms with Crippen LogP contribution >= 0.6 is 34.8 Å². The lowest BCUT2D eigenvalue weighted by Gasteiger charge is -2.06. The van der Waals surface area contributed by atoms with Gasteiger partial charge in [-0.1, -0.05) is 34.8 Å². The van der Waals surface area contributed by atoms with E-state index in [1.165, 1.54) is 12.1 Å². The molecule has 0 radical (unpaired) electrons. The van der Waals surface area contributed by atoms with Gasteiger partial charge in [0.25, 0.3) is 0 Å². The average Bonchev–Trinajstić information content (AvgIpc) is 2.31. The number of nitrogens with zero attached hydrogens (tertiary/aromatic N) is 1. The van der Waals surface area contributed by atoms with Gasteiger partial charge in [-0.2, -0.15) is 0 Å². The van der Waals surface area contributed by atoms with Crippen molar-refractivity contribution < 1.29 is 9.90 Å². The number of rotatable bonds is 2. The van der Waals surface area contributed by atoms with Gasteiger partial charge in [-0.05, 0) is 30.3 Å². The predicted molar refractivity (Wildman–Crippen MR) is 71.7 cm³/mol. The summed E-state index contributed by atoms with van der Waals surface area (Å²) in [6.07, 6.45) is 0. The molecule has 0 amide bonds. The van der Waals surface area contributed by atoms with Crippen LogP contribution in [0.3, 0.4) is 0 Å². The second-order valence-corrected chi connectivity index (χ2v) is 4.72. The lowest BCUT2D eigenvalue weighted by molar-refractivity contribution is 0.0697. The van der Waals surface area contributed by atoms with E-state index in [0.29, 0.717) is 21.3 Å². The summed E-state index contributed by atoms with van der Waals surface area (Å²) < 4.78 is 0. The molecule has 18 heavy (non-hydrogen) atoms. The zero-order chi connectivity index (χ0) is 13.3. The number of carbonyl (C=O) groups is 1. The molecule has 0 bridgehead atoms. The van der Waals surface area contributed by atoms with Crippen LogP contribution in [0.5, 0.6) is 0 Å². The van der Waals surface area contributed by atoms with Crippen LogP contribution in [0.1, 0.15) is 10.4 Å². The molecule has 0 spiro atoms. The molecule has 0 saturated heterocycles. The van der Waals surface area contributed by atoms with Gasteiger partial charge in [-0.25, -0.2) is 9.78 Å². The van der Waals surface area contributed by atoms with Crippen LogP contribution in [0.4, 0.5) is 0 Å². The summed E-state index contributed by atoms with van der Waals surface area (Å²) >= 11 is 17.7. The minimum atomic E-state index is -1.08. The molecule has 1 N–H and O–H groups in total. The van der Waals surface area contributed by atoms with Crippen LogP contribution in [0.15, 0.2) is 30.3 Å². The molecule has 3 nitrogen and oxygen atoms in total. The van der Waals surface area contributed by atoms with Gasteiger partial charge in [0, 0.05) is 10.6 Å². The normalized spacial score (nSPS) is 10.4. The number of hydrogen-bond acceptors (Lipinski definition) is 2. The smallest absolute Gasteiger partial charge is 0.335 e. The summed E-state index contributed by atoms with van der Waals surface area (Å²) in [4.78, 5) is 15.0. The summed E-state index contributed by atoms with van der Waals surface area (Å²) in [6.45, 7) is 0. The Bertz CT molecular complexity index is 629.